The van der Waals surface area contributed by atoms with E-state index in [2.05, 4.69) is 4.72 Å². The number of nitrogens with two attached hydrogens (primary N) is 1. The topological polar surface area (TPSA) is 72.2 Å². The molecule has 4 nitrogen and oxygen atoms in total. The Labute approximate surface area is 96.9 Å². The Morgan fingerprint density at radius 2 is 1.69 bits per heavy atom. The number of hydrogen-bond acceptors (Lipinski definition) is 3. The first-order valence-electron chi connectivity index (χ1n) is 5.04. The first-order valence-corrected chi connectivity index (χ1v) is 6.69. The number of anilines is 1. The van der Waals surface area contributed by atoms with Gasteiger partial charge in [0.15, 0.2) is 0 Å². The molecular weight excluding hydrogens is 224 g/mol. The van der Waals surface area contributed by atoms with Gasteiger partial charge in [0.1, 0.15) is 0 Å². The molecule has 0 aromatic heterocycles. The van der Waals surface area contributed by atoms with Gasteiger partial charge < -0.3 is 5.73 Å². The summed E-state index contributed by atoms with van der Waals surface area (Å²) >= 11 is 0. The first kappa shape index (κ1) is 13.0. The van der Waals surface area contributed by atoms with Crippen molar-refractivity contribution in [3.05, 3.63) is 29.8 Å². The average molecular weight is 242 g/mol. The van der Waals surface area contributed by atoms with Crippen LogP contribution in [0.2, 0.25) is 0 Å². The molecule has 0 spiro atoms. The number of nitrogens with one attached hydrogen (secondary N) is 1. The van der Waals surface area contributed by atoms with Crippen LogP contribution in [0.25, 0.3) is 0 Å². The van der Waals surface area contributed by atoms with E-state index in [1.807, 2.05) is 20.8 Å². The van der Waals surface area contributed by atoms with Gasteiger partial charge in [-0.2, -0.15) is 0 Å². The Bertz CT molecular complexity index is 444. The lowest BCUT2D eigenvalue weighted by Crippen LogP contribution is -2.41. The number of hydrogen-bond donors (Lipinski definition) is 2. The molecule has 0 aliphatic carbocycles. The van der Waals surface area contributed by atoms with Gasteiger partial charge in [-0.15, -0.1) is 0 Å². The minimum Gasteiger partial charge on any atom is -0.399 e. The highest BCUT2D eigenvalue weighted by atomic mass is 32.2. The van der Waals surface area contributed by atoms with Crippen LogP contribution in [0.1, 0.15) is 26.3 Å². The molecule has 0 fully saturated rings. The van der Waals surface area contributed by atoms with Crippen LogP contribution in [-0.4, -0.2) is 14.0 Å². The lowest BCUT2D eigenvalue weighted by molar-refractivity contribution is 0.491. The van der Waals surface area contributed by atoms with Gasteiger partial charge in [-0.25, -0.2) is 13.1 Å². The lowest BCUT2D eigenvalue weighted by atomic mass is 10.1. The smallest absolute Gasteiger partial charge is 0.216 e. The predicted octanol–water partition coefficient (Wildman–Crippen LogP) is 1.49. The Kier molecular flexibility index (Phi) is 3.60. The third kappa shape index (κ3) is 4.63. The predicted molar refractivity (Wildman–Crippen MR) is 66.4 cm³/mol. The van der Waals surface area contributed by atoms with Gasteiger partial charge in [-0.05, 0) is 38.5 Å². The van der Waals surface area contributed by atoms with Crippen molar-refractivity contribution in [2.24, 2.45) is 0 Å². The SMILES string of the molecule is CC(C)(C)NS(=O)(=O)Cc1ccc(N)cc1. The van der Waals surface area contributed by atoms with Gasteiger partial charge in [0.05, 0.1) is 5.75 Å². The Morgan fingerprint density at radius 1 is 1.19 bits per heavy atom. The summed E-state index contributed by atoms with van der Waals surface area (Å²) < 4.78 is 26.1. The molecule has 0 saturated heterocycles. The van der Waals surface area contributed by atoms with Crippen LogP contribution >= 0.6 is 0 Å². The molecule has 0 heterocycles. The molecular formula is C11H18N2O2S. The number of rotatable bonds is 3. The highest BCUT2D eigenvalue weighted by Crippen LogP contribution is 2.11. The summed E-state index contributed by atoms with van der Waals surface area (Å²) in [5.41, 5.74) is 6.43. The van der Waals surface area contributed by atoms with E-state index in [-0.39, 0.29) is 5.75 Å². The molecule has 0 radical (unpaired) electrons. The van der Waals surface area contributed by atoms with Gasteiger partial charge in [0.25, 0.3) is 0 Å². The maximum absolute atomic E-state index is 11.8. The van der Waals surface area contributed by atoms with Crippen LogP contribution in [0.4, 0.5) is 5.69 Å². The molecule has 0 saturated carbocycles. The van der Waals surface area contributed by atoms with Gasteiger partial charge in [-0.1, -0.05) is 12.1 Å². The molecule has 3 N–H and O–H groups in total. The van der Waals surface area contributed by atoms with Crippen molar-refractivity contribution < 1.29 is 8.42 Å². The van der Waals surface area contributed by atoms with E-state index in [0.29, 0.717) is 5.69 Å². The van der Waals surface area contributed by atoms with E-state index in [1.54, 1.807) is 24.3 Å². The maximum atomic E-state index is 11.8. The molecule has 0 aliphatic rings. The molecule has 5 heteroatoms. The molecule has 0 amide bonds. The van der Waals surface area contributed by atoms with Crippen LogP contribution in [-0.2, 0) is 15.8 Å². The zero-order valence-corrected chi connectivity index (χ0v) is 10.6. The van der Waals surface area contributed by atoms with Crippen molar-refractivity contribution >= 4 is 15.7 Å². The minimum atomic E-state index is -3.30. The Morgan fingerprint density at radius 3 is 2.12 bits per heavy atom. The summed E-state index contributed by atoms with van der Waals surface area (Å²) in [5, 5.41) is 0. The molecule has 1 rings (SSSR count). The quantitative estimate of drug-likeness (QED) is 0.789. The summed E-state index contributed by atoms with van der Waals surface area (Å²) in [6.07, 6.45) is 0. The van der Waals surface area contributed by atoms with Crippen LogP contribution in [0.3, 0.4) is 0 Å². The van der Waals surface area contributed by atoms with E-state index < -0.39 is 15.6 Å². The van der Waals surface area contributed by atoms with Crippen LogP contribution in [0, 0.1) is 0 Å². The van der Waals surface area contributed by atoms with Crippen LogP contribution in [0.15, 0.2) is 24.3 Å². The molecule has 0 unspecified atom stereocenters. The third-order valence-corrected chi connectivity index (χ3v) is 3.43. The fourth-order valence-electron chi connectivity index (χ4n) is 1.34. The monoisotopic (exact) mass is 242 g/mol. The second kappa shape index (κ2) is 4.43. The van der Waals surface area contributed by atoms with Crippen molar-refractivity contribution in [1.29, 1.82) is 0 Å². The van der Waals surface area contributed by atoms with Crippen molar-refractivity contribution in [2.75, 3.05) is 5.73 Å². The summed E-state index contributed by atoms with van der Waals surface area (Å²) in [5.74, 6) is -0.0233. The number of nitrogen functional groups attached to an aromatic ring is 1. The minimum absolute atomic E-state index is 0.0233. The lowest BCUT2D eigenvalue weighted by Gasteiger charge is -2.20. The molecule has 16 heavy (non-hydrogen) atoms. The summed E-state index contributed by atoms with van der Waals surface area (Å²) in [4.78, 5) is 0. The molecule has 90 valence electrons. The van der Waals surface area contributed by atoms with Crippen molar-refractivity contribution in [1.82, 2.24) is 4.72 Å². The summed E-state index contributed by atoms with van der Waals surface area (Å²) in [7, 11) is -3.30. The first-order chi connectivity index (χ1) is 7.18. The fraction of sp³-hybridized carbons (Fsp3) is 0.455. The molecule has 0 aliphatic heterocycles. The molecule has 1 aromatic rings. The van der Waals surface area contributed by atoms with E-state index in [1.165, 1.54) is 0 Å². The molecule has 0 bridgehead atoms. The zero-order valence-electron chi connectivity index (χ0n) is 9.82. The highest BCUT2D eigenvalue weighted by Gasteiger charge is 2.19. The third-order valence-electron chi connectivity index (χ3n) is 1.80. The number of sulfonamides is 1. The summed E-state index contributed by atoms with van der Waals surface area (Å²) in [6, 6.07) is 6.83. The average Bonchev–Trinajstić information content (AvgIpc) is 2.04. The van der Waals surface area contributed by atoms with Gasteiger partial charge >= 0.3 is 0 Å². The fourth-order valence-corrected chi connectivity index (χ4v) is 2.97. The largest absolute Gasteiger partial charge is 0.399 e. The molecule has 1 aromatic carbocycles. The van der Waals surface area contributed by atoms with E-state index in [0.717, 1.165) is 5.56 Å². The highest BCUT2D eigenvalue weighted by molar-refractivity contribution is 7.88. The van der Waals surface area contributed by atoms with Crippen molar-refractivity contribution in [2.45, 2.75) is 32.1 Å². The van der Waals surface area contributed by atoms with Crippen LogP contribution < -0.4 is 10.5 Å². The van der Waals surface area contributed by atoms with E-state index >= 15 is 0 Å². The number of benzene rings is 1. The standard InChI is InChI=1S/C11H18N2O2S/c1-11(2,3)13-16(14,15)8-9-4-6-10(12)7-5-9/h4-7,13H,8,12H2,1-3H3. The van der Waals surface area contributed by atoms with Gasteiger partial charge in [0.2, 0.25) is 10.0 Å². The van der Waals surface area contributed by atoms with Gasteiger partial charge in [0, 0.05) is 11.2 Å². The zero-order chi connectivity index (χ0) is 12.4. The van der Waals surface area contributed by atoms with Gasteiger partial charge in [-0.3, -0.25) is 0 Å². The van der Waals surface area contributed by atoms with E-state index in [4.69, 9.17) is 5.73 Å². The van der Waals surface area contributed by atoms with Crippen LogP contribution in [0.5, 0.6) is 0 Å². The van der Waals surface area contributed by atoms with Crippen molar-refractivity contribution in [3.8, 4) is 0 Å². The second-order valence-electron chi connectivity index (χ2n) is 4.85. The maximum Gasteiger partial charge on any atom is 0.216 e. The van der Waals surface area contributed by atoms with Crippen molar-refractivity contribution in [3.63, 3.8) is 0 Å². The molecule has 0 atom stereocenters. The second-order valence-corrected chi connectivity index (χ2v) is 6.58. The van der Waals surface area contributed by atoms with E-state index in [9.17, 15) is 8.42 Å². The summed E-state index contributed by atoms with van der Waals surface area (Å²) in [6.45, 7) is 5.44. The Hall–Kier alpha value is -1.07. The Balaban J connectivity index is 2.77. The normalized spacial score (nSPS) is 12.7.